The smallest absolute Gasteiger partial charge is 0.222 e. The minimum Gasteiger partial charge on any atom is -0.350 e. The molecule has 2 aliphatic heterocycles. The fourth-order valence-electron chi connectivity index (χ4n) is 2.95. The number of hydrogen-bond donors (Lipinski definition) is 0. The van der Waals surface area contributed by atoms with Gasteiger partial charge in [-0.1, -0.05) is 6.07 Å². The number of likely N-dealkylation sites (tertiary alicyclic amines) is 1. The summed E-state index contributed by atoms with van der Waals surface area (Å²) >= 11 is 1.72. The van der Waals surface area contributed by atoms with Gasteiger partial charge in [0.15, 0.2) is 6.29 Å². The van der Waals surface area contributed by atoms with Crippen molar-refractivity contribution in [2.24, 2.45) is 5.92 Å². The summed E-state index contributed by atoms with van der Waals surface area (Å²) in [5.74, 6) is 0.609. The molecule has 0 N–H and O–H groups in total. The van der Waals surface area contributed by atoms with Crippen LogP contribution in [0.15, 0.2) is 17.5 Å². The van der Waals surface area contributed by atoms with Crippen LogP contribution in [0.2, 0.25) is 0 Å². The minimum absolute atomic E-state index is 0.0945. The lowest BCUT2D eigenvalue weighted by Crippen LogP contribution is -2.43. The third kappa shape index (κ3) is 3.40. The predicted octanol–water partition coefficient (Wildman–Crippen LogP) is 2.29. The highest BCUT2D eigenvalue weighted by atomic mass is 32.1. The number of amides is 1. The second kappa shape index (κ2) is 6.70. The van der Waals surface area contributed by atoms with Crippen molar-refractivity contribution in [1.82, 2.24) is 4.90 Å². The zero-order valence-electron chi connectivity index (χ0n) is 11.6. The van der Waals surface area contributed by atoms with E-state index in [9.17, 15) is 4.79 Å². The topological polar surface area (TPSA) is 38.8 Å². The Morgan fingerprint density at radius 1 is 1.40 bits per heavy atom. The van der Waals surface area contributed by atoms with Gasteiger partial charge in [-0.2, -0.15) is 0 Å². The van der Waals surface area contributed by atoms with Gasteiger partial charge in [0.1, 0.15) is 0 Å². The summed E-state index contributed by atoms with van der Waals surface area (Å²) in [4.78, 5) is 15.6. The predicted molar refractivity (Wildman–Crippen MR) is 77.6 cm³/mol. The standard InChI is InChI=1S/C15H21NO3S/c17-14(6-5-13-4-2-10-20-13)16-7-1-3-12(11-16)15-18-8-9-19-15/h2,4,10,12,15H,1,3,5-9,11H2. The maximum absolute atomic E-state index is 12.3. The molecule has 0 aromatic carbocycles. The number of hydrogen-bond acceptors (Lipinski definition) is 4. The average Bonchev–Trinajstić information content (AvgIpc) is 3.18. The molecule has 3 rings (SSSR count). The monoisotopic (exact) mass is 295 g/mol. The quantitative estimate of drug-likeness (QED) is 0.855. The number of aryl methyl sites for hydroxylation is 1. The first kappa shape index (κ1) is 14.0. The molecule has 5 heteroatoms. The van der Waals surface area contributed by atoms with E-state index in [1.165, 1.54) is 4.88 Å². The Morgan fingerprint density at radius 3 is 3.00 bits per heavy atom. The highest BCUT2D eigenvalue weighted by Gasteiger charge is 2.32. The molecule has 1 aromatic heterocycles. The molecule has 2 aliphatic rings. The largest absolute Gasteiger partial charge is 0.350 e. The Bertz CT molecular complexity index is 428. The van der Waals surface area contributed by atoms with Gasteiger partial charge in [0.2, 0.25) is 5.91 Å². The first-order chi connectivity index (χ1) is 9.83. The van der Waals surface area contributed by atoms with Gasteiger partial charge in [-0.3, -0.25) is 4.79 Å². The molecule has 1 aromatic rings. The van der Waals surface area contributed by atoms with Crippen LogP contribution in [0.25, 0.3) is 0 Å². The van der Waals surface area contributed by atoms with Crippen LogP contribution >= 0.6 is 11.3 Å². The highest BCUT2D eigenvalue weighted by Crippen LogP contribution is 2.25. The van der Waals surface area contributed by atoms with Crippen LogP contribution in [0.5, 0.6) is 0 Å². The molecule has 0 saturated carbocycles. The molecular formula is C15H21NO3S. The molecular weight excluding hydrogens is 274 g/mol. The van der Waals surface area contributed by atoms with Gasteiger partial charge in [0, 0.05) is 30.3 Å². The number of piperidine rings is 1. The number of carbonyl (C=O) groups is 1. The fourth-order valence-corrected chi connectivity index (χ4v) is 3.66. The number of thiophene rings is 1. The molecule has 20 heavy (non-hydrogen) atoms. The maximum Gasteiger partial charge on any atom is 0.222 e. The van der Waals surface area contributed by atoms with Gasteiger partial charge in [-0.25, -0.2) is 0 Å². The maximum atomic E-state index is 12.3. The van der Waals surface area contributed by atoms with E-state index in [1.807, 2.05) is 11.0 Å². The van der Waals surface area contributed by atoms with Crippen molar-refractivity contribution in [3.63, 3.8) is 0 Å². The van der Waals surface area contributed by atoms with Crippen LogP contribution in [0.4, 0.5) is 0 Å². The van der Waals surface area contributed by atoms with Gasteiger partial charge < -0.3 is 14.4 Å². The summed E-state index contributed by atoms with van der Waals surface area (Å²) < 4.78 is 11.2. The zero-order valence-corrected chi connectivity index (χ0v) is 12.4. The molecule has 4 nitrogen and oxygen atoms in total. The summed E-state index contributed by atoms with van der Waals surface area (Å²) in [6, 6.07) is 4.13. The number of nitrogens with zero attached hydrogens (tertiary/aromatic N) is 1. The molecule has 0 spiro atoms. The Kier molecular flexibility index (Phi) is 4.70. The lowest BCUT2D eigenvalue weighted by molar-refractivity contribution is -0.139. The molecule has 110 valence electrons. The van der Waals surface area contributed by atoms with Gasteiger partial charge in [-0.15, -0.1) is 11.3 Å². The normalized spacial score (nSPS) is 24.2. The van der Waals surface area contributed by atoms with Gasteiger partial charge in [0.25, 0.3) is 0 Å². The summed E-state index contributed by atoms with van der Waals surface area (Å²) in [6.07, 6.45) is 3.52. The van der Waals surface area contributed by atoms with Gasteiger partial charge in [-0.05, 0) is 30.7 Å². The van der Waals surface area contributed by atoms with Gasteiger partial charge >= 0.3 is 0 Å². The Balaban J connectivity index is 1.49. The van der Waals surface area contributed by atoms with Crippen LogP contribution in [0.3, 0.4) is 0 Å². The van der Waals surface area contributed by atoms with Crippen LogP contribution in [0, 0.1) is 5.92 Å². The van der Waals surface area contributed by atoms with E-state index in [0.717, 1.165) is 32.4 Å². The van der Waals surface area contributed by atoms with E-state index in [4.69, 9.17) is 9.47 Å². The molecule has 2 saturated heterocycles. The third-order valence-electron chi connectivity index (χ3n) is 4.01. The van der Waals surface area contributed by atoms with E-state index in [-0.39, 0.29) is 12.2 Å². The van der Waals surface area contributed by atoms with Crippen LogP contribution in [-0.4, -0.2) is 43.4 Å². The van der Waals surface area contributed by atoms with Crippen molar-refractivity contribution in [2.45, 2.75) is 32.0 Å². The van der Waals surface area contributed by atoms with Crippen molar-refractivity contribution in [3.8, 4) is 0 Å². The van der Waals surface area contributed by atoms with E-state index < -0.39 is 0 Å². The first-order valence-corrected chi connectivity index (χ1v) is 8.24. The minimum atomic E-state index is -0.0945. The summed E-state index contributed by atoms with van der Waals surface area (Å²) in [5.41, 5.74) is 0. The summed E-state index contributed by atoms with van der Waals surface area (Å²) in [6.45, 7) is 3.04. The highest BCUT2D eigenvalue weighted by molar-refractivity contribution is 7.09. The Morgan fingerprint density at radius 2 is 2.25 bits per heavy atom. The second-order valence-corrected chi connectivity index (χ2v) is 6.46. The van der Waals surface area contributed by atoms with Crippen LogP contribution in [-0.2, 0) is 20.7 Å². The Labute approximate surface area is 123 Å². The van der Waals surface area contributed by atoms with E-state index in [2.05, 4.69) is 11.4 Å². The number of ether oxygens (including phenoxy) is 2. The lowest BCUT2D eigenvalue weighted by Gasteiger charge is -2.34. The molecule has 0 bridgehead atoms. The fraction of sp³-hybridized carbons (Fsp3) is 0.667. The zero-order chi connectivity index (χ0) is 13.8. The first-order valence-electron chi connectivity index (χ1n) is 7.36. The van der Waals surface area contributed by atoms with Crippen molar-refractivity contribution in [2.75, 3.05) is 26.3 Å². The molecule has 1 atom stereocenters. The second-order valence-electron chi connectivity index (χ2n) is 5.43. The Hall–Kier alpha value is -0.910. The average molecular weight is 295 g/mol. The van der Waals surface area contributed by atoms with E-state index in [1.54, 1.807) is 11.3 Å². The van der Waals surface area contributed by atoms with Crippen LogP contribution in [0.1, 0.15) is 24.1 Å². The lowest BCUT2D eigenvalue weighted by atomic mass is 9.97. The molecule has 3 heterocycles. The van der Waals surface area contributed by atoms with Crippen molar-refractivity contribution in [1.29, 1.82) is 0 Å². The molecule has 1 amide bonds. The number of rotatable bonds is 4. The van der Waals surface area contributed by atoms with Crippen molar-refractivity contribution < 1.29 is 14.3 Å². The summed E-state index contributed by atoms with van der Waals surface area (Å²) in [7, 11) is 0. The van der Waals surface area contributed by atoms with Crippen molar-refractivity contribution in [3.05, 3.63) is 22.4 Å². The molecule has 0 radical (unpaired) electrons. The number of carbonyl (C=O) groups excluding carboxylic acids is 1. The molecule has 1 unspecified atom stereocenters. The molecule has 0 aliphatic carbocycles. The third-order valence-corrected chi connectivity index (χ3v) is 4.94. The SMILES string of the molecule is O=C(CCc1cccs1)N1CCCC(C2OCCO2)C1. The molecule has 2 fully saturated rings. The van der Waals surface area contributed by atoms with E-state index in [0.29, 0.717) is 25.6 Å². The summed E-state index contributed by atoms with van der Waals surface area (Å²) in [5, 5.41) is 2.06. The van der Waals surface area contributed by atoms with E-state index >= 15 is 0 Å². The van der Waals surface area contributed by atoms with Gasteiger partial charge in [0.05, 0.1) is 13.2 Å². The van der Waals surface area contributed by atoms with Crippen LogP contribution < -0.4 is 0 Å². The van der Waals surface area contributed by atoms with Crippen molar-refractivity contribution >= 4 is 17.2 Å².